The minimum absolute atomic E-state index is 0.00275. The summed E-state index contributed by atoms with van der Waals surface area (Å²) in [5.74, 6) is -0.0653. The fraction of sp³-hybridized carbons (Fsp3) is 0.667. The molecule has 0 bridgehead atoms. The summed E-state index contributed by atoms with van der Waals surface area (Å²) in [7, 11) is 0. The molecule has 1 rings (SSSR count). The van der Waals surface area contributed by atoms with Gasteiger partial charge in [0.2, 0.25) is 0 Å². The van der Waals surface area contributed by atoms with Gasteiger partial charge in [-0.2, -0.15) is 5.48 Å². The third-order valence-corrected chi connectivity index (χ3v) is 4.43. The zero-order chi connectivity index (χ0) is 22.8. The van der Waals surface area contributed by atoms with E-state index >= 15 is 0 Å². The second kappa shape index (κ2) is 11.6. The molecule has 12 heteroatoms. The summed E-state index contributed by atoms with van der Waals surface area (Å²) in [4.78, 5) is 15.4. The van der Waals surface area contributed by atoms with Gasteiger partial charge in [0.05, 0.1) is 36.1 Å². The number of nitrogens with one attached hydrogen (secondary N) is 2. The van der Waals surface area contributed by atoms with Gasteiger partial charge in [-0.25, -0.2) is 0 Å². The van der Waals surface area contributed by atoms with E-state index in [4.69, 9.17) is 19.2 Å². The molecule has 0 aliphatic heterocycles. The van der Waals surface area contributed by atoms with Gasteiger partial charge in [-0.05, 0) is 40.2 Å². The molecule has 0 spiro atoms. The van der Waals surface area contributed by atoms with Crippen molar-refractivity contribution < 1.29 is 29.3 Å². The fourth-order valence-electron chi connectivity index (χ4n) is 2.57. The van der Waals surface area contributed by atoms with Crippen molar-refractivity contribution in [2.24, 2.45) is 10.3 Å². The van der Waals surface area contributed by atoms with Gasteiger partial charge in [0, 0.05) is 6.54 Å². The van der Waals surface area contributed by atoms with E-state index < -0.39 is 16.0 Å². The monoisotopic (exact) mass is 429 g/mol. The van der Waals surface area contributed by atoms with Crippen molar-refractivity contribution in [3.05, 3.63) is 28.0 Å². The van der Waals surface area contributed by atoms with Crippen LogP contribution in [0.25, 0.3) is 0 Å². The second-order valence-corrected chi connectivity index (χ2v) is 7.56. The minimum Gasteiger partial charge on any atom is -0.411 e. The summed E-state index contributed by atoms with van der Waals surface area (Å²) >= 11 is 0. The normalized spacial score (nSPS) is 13.6. The Kier molecular flexibility index (Phi) is 9.85. The topological polar surface area (TPSA) is 164 Å². The van der Waals surface area contributed by atoms with Crippen molar-refractivity contribution in [1.29, 1.82) is 0 Å². The summed E-state index contributed by atoms with van der Waals surface area (Å²) in [6, 6.07) is 2.70. The molecule has 0 aromatic carbocycles. The highest BCUT2D eigenvalue weighted by Crippen LogP contribution is 2.16. The Morgan fingerprint density at radius 2 is 1.87 bits per heavy atom. The van der Waals surface area contributed by atoms with Crippen LogP contribution in [0.15, 0.2) is 26.9 Å². The molecule has 4 N–H and O–H groups in total. The van der Waals surface area contributed by atoms with Crippen molar-refractivity contribution in [2.45, 2.75) is 58.7 Å². The predicted molar refractivity (Wildman–Crippen MR) is 109 cm³/mol. The fourth-order valence-corrected chi connectivity index (χ4v) is 2.57. The Morgan fingerprint density at radius 1 is 1.20 bits per heavy atom. The maximum Gasteiger partial charge on any atom is 0.433 e. The van der Waals surface area contributed by atoms with Crippen LogP contribution in [0.5, 0.6) is 0 Å². The molecular formula is C18H31N5O7. The van der Waals surface area contributed by atoms with Crippen LogP contribution in [0, 0.1) is 10.1 Å². The SMILES string of the molecule is CCC(=NO)C(C)(C)NOCCNC(C)(C)C(COCc1ccc([N+](=O)[O-])o1)=NO. The molecule has 0 radical (unpaired) electrons. The van der Waals surface area contributed by atoms with E-state index in [0.717, 1.165) is 0 Å². The lowest BCUT2D eigenvalue weighted by Gasteiger charge is -2.28. The largest absolute Gasteiger partial charge is 0.433 e. The lowest BCUT2D eigenvalue weighted by molar-refractivity contribution is -0.402. The zero-order valence-electron chi connectivity index (χ0n) is 18.0. The molecule has 12 nitrogen and oxygen atoms in total. The van der Waals surface area contributed by atoms with Gasteiger partial charge in [0.1, 0.15) is 23.0 Å². The first-order valence-corrected chi connectivity index (χ1v) is 9.45. The van der Waals surface area contributed by atoms with Crippen LogP contribution < -0.4 is 10.8 Å². The Bertz CT molecular complexity index is 743. The van der Waals surface area contributed by atoms with Crippen LogP contribution in [-0.4, -0.2) is 57.6 Å². The van der Waals surface area contributed by atoms with Gasteiger partial charge in [-0.1, -0.05) is 17.2 Å². The van der Waals surface area contributed by atoms with Gasteiger partial charge in [-0.3, -0.25) is 15.0 Å². The van der Waals surface area contributed by atoms with Crippen molar-refractivity contribution >= 4 is 17.3 Å². The van der Waals surface area contributed by atoms with Crippen LogP contribution in [0.1, 0.15) is 46.8 Å². The molecular weight excluding hydrogens is 398 g/mol. The summed E-state index contributed by atoms with van der Waals surface area (Å²) < 4.78 is 10.5. The molecule has 1 heterocycles. The number of hydrogen-bond acceptors (Lipinski definition) is 11. The smallest absolute Gasteiger partial charge is 0.411 e. The number of nitro groups is 1. The number of ether oxygens (including phenoxy) is 1. The standard InChI is InChI=1S/C18H31N5O7/c1-6-14(20-24)18(4,5)22-29-10-9-19-17(2,3)15(21-25)12-28-11-13-7-8-16(30-13)23(26)27/h7-8,19,22,24-25H,6,9-12H2,1-5H3. The Labute approximate surface area is 175 Å². The van der Waals surface area contributed by atoms with E-state index in [2.05, 4.69) is 21.1 Å². The quantitative estimate of drug-likeness (QED) is 0.114. The van der Waals surface area contributed by atoms with Crippen molar-refractivity contribution in [1.82, 2.24) is 10.8 Å². The third-order valence-electron chi connectivity index (χ3n) is 4.43. The second-order valence-electron chi connectivity index (χ2n) is 7.56. The first-order valence-electron chi connectivity index (χ1n) is 9.45. The zero-order valence-corrected chi connectivity index (χ0v) is 18.0. The third kappa shape index (κ3) is 7.71. The average Bonchev–Trinajstić information content (AvgIpc) is 3.14. The van der Waals surface area contributed by atoms with Crippen LogP contribution in [0.4, 0.5) is 5.88 Å². The number of hydrogen-bond donors (Lipinski definition) is 4. The average molecular weight is 429 g/mol. The highest BCUT2D eigenvalue weighted by molar-refractivity contribution is 5.93. The molecule has 30 heavy (non-hydrogen) atoms. The molecule has 170 valence electrons. The summed E-state index contributed by atoms with van der Waals surface area (Å²) in [6.07, 6.45) is 0.576. The van der Waals surface area contributed by atoms with Crippen molar-refractivity contribution in [3.8, 4) is 0 Å². The highest BCUT2D eigenvalue weighted by atomic mass is 16.7. The Hall–Kier alpha value is -2.54. The molecule has 0 atom stereocenters. The predicted octanol–water partition coefficient (Wildman–Crippen LogP) is 2.44. The summed E-state index contributed by atoms with van der Waals surface area (Å²) in [5, 5.41) is 38.7. The van der Waals surface area contributed by atoms with Crippen molar-refractivity contribution in [2.75, 3.05) is 19.8 Å². The van der Waals surface area contributed by atoms with E-state index in [1.807, 2.05) is 34.6 Å². The Balaban J connectivity index is 2.42. The number of nitrogens with zero attached hydrogens (tertiary/aromatic N) is 3. The van der Waals surface area contributed by atoms with Crippen molar-refractivity contribution in [3.63, 3.8) is 0 Å². The molecule has 1 aromatic rings. The van der Waals surface area contributed by atoms with E-state index in [1.54, 1.807) is 0 Å². The molecule has 0 fully saturated rings. The minimum atomic E-state index is -0.704. The van der Waals surface area contributed by atoms with Crippen LogP contribution in [0.3, 0.4) is 0 Å². The summed E-state index contributed by atoms with van der Waals surface area (Å²) in [6.45, 7) is 9.90. The van der Waals surface area contributed by atoms with E-state index in [0.29, 0.717) is 36.8 Å². The lowest BCUT2D eigenvalue weighted by Crippen LogP contribution is -2.51. The van der Waals surface area contributed by atoms with Gasteiger partial charge in [-0.15, -0.1) is 0 Å². The molecule has 0 aliphatic carbocycles. The van der Waals surface area contributed by atoms with E-state index in [1.165, 1.54) is 12.1 Å². The van der Waals surface area contributed by atoms with E-state index in [-0.39, 0.29) is 19.1 Å². The number of oxime groups is 2. The van der Waals surface area contributed by atoms with Gasteiger partial charge in [0.25, 0.3) is 0 Å². The Morgan fingerprint density at radius 3 is 2.40 bits per heavy atom. The maximum atomic E-state index is 10.6. The molecule has 0 aliphatic rings. The number of hydroxylamine groups is 1. The van der Waals surface area contributed by atoms with E-state index in [9.17, 15) is 15.3 Å². The van der Waals surface area contributed by atoms with Crippen LogP contribution in [-0.2, 0) is 16.2 Å². The number of furan rings is 1. The molecule has 0 saturated heterocycles. The molecule has 0 saturated carbocycles. The molecule has 0 unspecified atom stereocenters. The van der Waals surface area contributed by atoms with Gasteiger partial charge in [0.15, 0.2) is 0 Å². The van der Waals surface area contributed by atoms with Gasteiger partial charge < -0.3 is 24.9 Å². The summed E-state index contributed by atoms with van der Waals surface area (Å²) in [5.41, 5.74) is 2.43. The molecule has 0 amide bonds. The van der Waals surface area contributed by atoms with Crippen LogP contribution in [0.2, 0.25) is 0 Å². The number of rotatable bonds is 14. The lowest BCUT2D eigenvalue weighted by atomic mass is 9.98. The van der Waals surface area contributed by atoms with Crippen LogP contribution >= 0.6 is 0 Å². The first kappa shape index (κ1) is 25.5. The first-order chi connectivity index (χ1) is 14.1. The molecule has 1 aromatic heterocycles. The maximum absolute atomic E-state index is 10.6. The van der Waals surface area contributed by atoms with Gasteiger partial charge >= 0.3 is 5.88 Å². The highest BCUT2D eigenvalue weighted by Gasteiger charge is 2.27.